The zero-order valence-corrected chi connectivity index (χ0v) is 11.4. The van der Waals surface area contributed by atoms with Crippen molar-refractivity contribution in [3.63, 3.8) is 0 Å². The van der Waals surface area contributed by atoms with Gasteiger partial charge in [0.1, 0.15) is 0 Å². The molecule has 0 atom stereocenters. The van der Waals surface area contributed by atoms with Gasteiger partial charge in [-0.25, -0.2) is 0 Å². The van der Waals surface area contributed by atoms with Gasteiger partial charge in [-0.15, -0.1) is 0 Å². The summed E-state index contributed by atoms with van der Waals surface area (Å²) in [4.78, 5) is 11.9. The Morgan fingerprint density at radius 1 is 1.21 bits per heavy atom. The number of carbonyl (C=O) groups is 1. The van der Waals surface area contributed by atoms with Gasteiger partial charge in [-0.1, -0.05) is 31.0 Å². The molecule has 1 fully saturated rings. The molecule has 0 unspecified atom stereocenters. The first-order valence-electron chi connectivity index (χ1n) is 7.39. The Labute approximate surface area is 114 Å². The van der Waals surface area contributed by atoms with Crippen LogP contribution in [0.1, 0.15) is 48.8 Å². The molecule has 2 N–H and O–H groups in total. The van der Waals surface area contributed by atoms with Crippen LogP contribution in [0, 0.1) is 5.92 Å². The first-order chi connectivity index (χ1) is 9.31. The maximum Gasteiger partial charge on any atom is 0.220 e. The highest BCUT2D eigenvalue weighted by atomic mass is 16.1. The van der Waals surface area contributed by atoms with Crippen molar-refractivity contribution >= 4 is 5.91 Å². The summed E-state index contributed by atoms with van der Waals surface area (Å²) < 4.78 is 0. The zero-order valence-electron chi connectivity index (χ0n) is 11.4. The van der Waals surface area contributed by atoms with E-state index in [4.69, 9.17) is 0 Å². The maximum absolute atomic E-state index is 11.9. The van der Waals surface area contributed by atoms with Gasteiger partial charge in [-0.2, -0.15) is 0 Å². The van der Waals surface area contributed by atoms with Crippen molar-refractivity contribution in [1.82, 2.24) is 10.6 Å². The molecule has 1 amide bonds. The van der Waals surface area contributed by atoms with Crippen LogP contribution in [-0.4, -0.2) is 5.91 Å². The average molecular weight is 258 g/mol. The second-order valence-electron chi connectivity index (χ2n) is 5.84. The fraction of sp³-hybridized carbons (Fsp3) is 0.562. The van der Waals surface area contributed by atoms with Gasteiger partial charge < -0.3 is 10.6 Å². The van der Waals surface area contributed by atoms with E-state index in [0.29, 0.717) is 18.9 Å². The van der Waals surface area contributed by atoms with Crippen LogP contribution < -0.4 is 10.6 Å². The molecular weight excluding hydrogens is 236 g/mol. The van der Waals surface area contributed by atoms with Crippen molar-refractivity contribution in [1.29, 1.82) is 0 Å². The minimum absolute atomic E-state index is 0.213. The quantitative estimate of drug-likeness (QED) is 0.871. The molecule has 0 radical (unpaired) electrons. The average Bonchev–Trinajstić information content (AvgIpc) is 3.06. The number of carbonyl (C=O) groups excluding carboxylic acids is 1. The lowest BCUT2D eigenvalue weighted by molar-refractivity contribution is -0.122. The number of nitrogens with one attached hydrogen (secondary N) is 2. The van der Waals surface area contributed by atoms with Crippen molar-refractivity contribution in [2.75, 3.05) is 0 Å². The van der Waals surface area contributed by atoms with Gasteiger partial charge >= 0.3 is 0 Å². The van der Waals surface area contributed by atoms with E-state index in [0.717, 1.165) is 13.1 Å². The number of benzene rings is 1. The molecular formula is C16H22N2O. The summed E-state index contributed by atoms with van der Waals surface area (Å²) in [5.74, 6) is 0.842. The molecule has 0 saturated heterocycles. The Bertz CT molecular complexity index is 464. The molecule has 19 heavy (non-hydrogen) atoms. The van der Waals surface area contributed by atoms with Crippen molar-refractivity contribution in [3.8, 4) is 0 Å². The predicted molar refractivity (Wildman–Crippen MR) is 75.4 cm³/mol. The molecule has 2 aliphatic rings. The minimum Gasteiger partial charge on any atom is -0.352 e. The van der Waals surface area contributed by atoms with E-state index in [1.807, 2.05) is 0 Å². The van der Waals surface area contributed by atoms with E-state index in [1.165, 1.54) is 42.4 Å². The molecule has 0 spiro atoms. The van der Waals surface area contributed by atoms with Gasteiger partial charge in [0.2, 0.25) is 5.91 Å². The highest BCUT2D eigenvalue weighted by Gasteiger charge is 2.18. The lowest BCUT2D eigenvalue weighted by Gasteiger charge is -2.10. The molecule has 3 rings (SSSR count). The van der Waals surface area contributed by atoms with Crippen LogP contribution in [0.4, 0.5) is 0 Å². The molecule has 3 nitrogen and oxygen atoms in total. The van der Waals surface area contributed by atoms with E-state index in [2.05, 4.69) is 28.8 Å². The molecule has 1 aromatic carbocycles. The van der Waals surface area contributed by atoms with Crippen LogP contribution in [0.3, 0.4) is 0 Å². The van der Waals surface area contributed by atoms with Crippen LogP contribution in [-0.2, 0) is 24.4 Å². The molecule has 1 aliphatic heterocycles. The number of fused-ring (bicyclic) bond motifs is 1. The molecule has 1 saturated carbocycles. The predicted octanol–water partition coefficient (Wildman–Crippen LogP) is 2.49. The van der Waals surface area contributed by atoms with Gasteiger partial charge in [-0.3, -0.25) is 4.79 Å². The van der Waals surface area contributed by atoms with Crippen molar-refractivity contribution in [2.45, 2.75) is 51.7 Å². The second-order valence-corrected chi connectivity index (χ2v) is 5.84. The molecule has 1 aromatic rings. The summed E-state index contributed by atoms with van der Waals surface area (Å²) in [6.45, 7) is 2.60. The Balaban J connectivity index is 1.50. The number of hydrogen-bond acceptors (Lipinski definition) is 2. The van der Waals surface area contributed by atoms with Crippen molar-refractivity contribution < 1.29 is 4.79 Å². The van der Waals surface area contributed by atoms with Crippen LogP contribution in [0.5, 0.6) is 0 Å². The summed E-state index contributed by atoms with van der Waals surface area (Å²) in [5, 5.41) is 6.40. The molecule has 102 valence electrons. The fourth-order valence-electron chi connectivity index (χ4n) is 3.21. The van der Waals surface area contributed by atoms with Gasteiger partial charge in [-0.05, 0) is 35.4 Å². The summed E-state index contributed by atoms with van der Waals surface area (Å²) in [5.41, 5.74) is 3.98. The van der Waals surface area contributed by atoms with Gasteiger partial charge in [0.25, 0.3) is 0 Å². The van der Waals surface area contributed by atoms with Crippen molar-refractivity contribution in [2.24, 2.45) is 5.92 Å². The van der Waals surface area contributed by atoms with Crippen LogP contribution >= 0.6 is 0 Å². The van der Waals surface area contributed by atoms with Crippen molar-refractivity contribution in [3.05, 3.63) is 34.9 Å². The summed E-state index contributed by atoms with van der Waals surface area (Å²) >= 11 is 0. The topological polar surface area (TPSA) is 41.1 Å². The summed E-state index contributed by atoms with van der Waals surface area (Å²) in [7, 11) is 0. The normalized spacial score (nSPS) is 18.5. The minimum atomic E-state index is 0.213. The van der Waals surface area contributed by atoms with E-state index in [1.54, 1.807) is 0 Å². The number of amides is 1. The third-order valence-electron chi connectivity index (χ3n) is 4.34. The van der Waals surface area contributed by atoms with Crippen LogP contribution in [0.25, 0.3) is 0 Å². The molecule has 1 heterocycles. The Morgan fingerprint density at radius 2 is 2.00 bits per heavy atom. The summed E-state index contributed by atoms with van der Waals surface area (Å²) in [6.07, 6.45) is 5.79. The number of hydrogen-bond donors (Lipinski definition) is 2. The summed E-state index contributed by atoms with van der Waals surface area (Å²) in [6, 6.07) is 6.51. The third kappa shape index (κ3) is 3.16. The van der Waals surface area contributed by atoms with Crippen LogP contribution in [0.2, 0.25) is 0 Å². The Kier molecular flexibility index (Phi) is 3.83. The first kappa shape index (κ1) is 12.7. The van der Waals surface area contributed by atoms with Gasteiger partial charge in [0.05, 0.1) is 0 Å². The Morgan fingerprint density at radius 3 is 2.84 bits per heavy atom. The molecule has 0 bridgehead atoms. The fourth-order valence-corrected chi connectivity index (χ4v) is 3.21. The van der Waals surface area contributed by atoms with E-state index in [9.17, 15) is 4.79 Å². The van der Waals surface area contributed by atoms with E-state index < -0.39 is 0 Å². The zero-order chi connectivity index (χ0) is 13.1. The van der Waals surface area contributed by atoms with Crippen LogP contribution in [0.15, 0.2) is 18.2 Å². The highest BCUT2D eigenvalue weighted by molar-refractivity contribution is 5.76. The second kappa shape index (κ2) is 5.74. The molecule has 3 heteroatoms. The Hall–Kier alpha value is -1.35. The van der Waals surface area contributed by atoms with Gasteiger partial charge in [0, 0.05) is 26.1 Å². The smallest absolute Gasteiger partial charge is 0.220 e. The number of rotatable bonds is 4. The monoisotopic (exact) mass is 258 g/mol. The first-order valence-corrected chi connectivity index (χ1v) is 7.39. The molecule has 1 aliphatic carbocycles. The maximum atomic E-state index is 11.9. The standard InChI is InChI=1S/C16H22N2O/c19-16(8-12-3-1-2-4-12)18-9-13-5-6-14-10-17-11-15(14)7-13/h5-7,12,17H,1-4,8-11H2,(H,18,19). The lowest BCUT2D eigenvalue weighted by atomic mass is 10.0. The van der Waals surface area contributed by atoms with Gasteiger partial charge in [0.15, 0.2) is 0 Å². The highest BCUT2D eigenvalue weighted by Crippen LogP contribution is 2.27. The lowest BCUT2D eigenvalue weighted by Crippen LogP contribution is -2.24. The third-order valence-corrected chi connectivity index (χ3v) is 4.34. The molecule has 0 aromatic heterocycles. The largest absolute Gasteiger partial charge is 0.352 e. The van der Waals surface area contributed by atoms with E-state index >= 15 is 0 Å². The van der Waals surface area contributed by atoms with E-state index in [-0.39, 0.29) is 5.91 Å². The SMILES string of the molecule is O=C(CC1CCCC1)NCc1ccc2c(c1)CNC2.